The summed E-state index contributed by atoms with van der Waals surface area (Å²) in [6.45, 7) is 2.98. The molecule has 1 aromatic heterocycles. The van der Waals surface area contributed by atoms with Gasteiger partial charge in [0.1, 0.15) is 5.69 Å². The lowest BCUT2D eigenvalue weighted by atomic mass is 10.2. The lowest BCUT2D eigenvalue weighted by molar-refractivity contribution is 0.0884. The molecule has 1 heterocycles. The van der Waals surface area contributed by atoms with Gasteiger partial charge >= 0.3 is 0 Å². The minimum absolute atomic E-state index is 0.0625. The molecule has 3 N–H and O–H groups in total. The van der Waals surface area contributed by atoms with E-state index in [2.05, 4.69) is 10.4 Å². The number of hydrogen-bond acceptors (Lipinski definition) is 4. The second-order valence-corrected chi connectivity index (χ2v) is 4.20. The lowest BCUT2D eigenvalue weighted by Crippen LogP contribution is -2.40. The highest BCUT2D eigenvalue weighted by molar-refractivity contribution is 5.92. The first-order chi connectivity index (χ1) is 8.62. The smallest absolute Gasteiger partial charge is 0.269 e. The monoisotopic (exact) mass is 254 g/mol. The van der Waals surface area contributed by atoms with Crippen LogP contribution >= 0.6 is 0 Å². The van der Waals surface area contributed by atoms with Crippen molar-refractivity contribution in [3.05, 3.63) is 17.5 Å². The minimum atomic E-state index is -0.139. The molecule has 18 heavy (non-hydrogen) atoms. The number of hydrogen-bond donors (Lipinski definition) is 2. The number of nitrogens with zero attached hydrogens (tertiary/aromatic N) is 2. The standard InChI is InChI=1S/C12H22N4O2/c1-4-9-7-11(16(2)15-9)12(17)14-10(5-6-13)8-18-3/h7,10H,4-6,8,13H2,1-3H3,(H,14,17). The number of carbonyl (C=O) groups is 1. The van der Waals surface area contributed by atoms with Gasteiger partial charge in [-0.3, -0.25) is 9.48 Å². The number of aromatic nitrogens is 2. The Morgan fingerprint density at radius 1 is 1.67 bits per heavy atom. The number of nitrogens with two attached hydrogens (primary N) is 1. The van der Waals surface area contributed by atoms with Crippen LogP contribution in [0.5, 0.6) is 0 Å². The number of rotatable bonds is 7. The molecule has 102 valence electrons. The van der Waals surface area contributed by atoms with Gasteiger partial charge in [-0.1, -0.05) is 6.92 Å². The van der Waals surface area contributed by atoms with E-state index in [-0.39, 0.29) is 11.9 Å². The molecule has 0 spiro atoms. The number of methoxy groups -OCH3 is 1. The first kappa shape index (κ1) is 14.7. The van der Waals surface area contributed by atoms with Crippen LogP contribution < -0.4 is 11.1 Å². The highest BCUT2D eigenvalue weighted by Gasteiger charge is 2.16. The molecule has 0 aliphatic heterocycles. The van der Waals surface area contributed by atoms with Gasteiger partial charge < -0.3 is 15.8 Å². The van der Waals surface area contributed by atoms with Crippen LogP contribution in [0, 0.1) is 0 Å². The average Bonchev–Trinajstić information content (AvgIpc) is 2.71. The molecule has 6 nitrogen and oxygen atoms in total. The van der Waals surface area contributed by atoms with E-state index < -0.39 is 0 Å². The van der Waals surface area contributed by atoms with Crippen molar-refractivity contribution in [1.82, 2.24) is 15.1 Å². The summed E-state index contributed by atoms with van der Waals surface area (Å²) in [5.74, 6) is -0.139. The molecule has 1 amide bonds. The highest BCUT2D eigenvalue weighted by atomic mass is 16.5. The van der Waals surface area contributed by atoms with Crippen LogP contribution in [0.15, 0.2) is 6.07 Å². The Bertz CT molecular complexity index is 383. The van der Waals surface area contributed by atoms with Gasteiger partial charge in [0.05, 0.1) is 18.3 Å². The van der Waals surface area contributed by atoms with Gasteiger partial charge in [0.25, 0.3) is 5.91 Å². The summed E-state index contributed by atoms with van der Waals surface area (Å²) >= 11 is 0. The summed E-state index contributed by atoms with van der Waals surface area (Å²) < 4.78 is 6.65. The van der Waals surface area contributed by atoms with E-state index in [1.165, 1.54) is 0 Å². The lowest BCUT2D eigenvalue weighted by Gasteiger charge is -2.16. The van der Waals surface area contributed by atoms with Crippen LogP contribution in [-0.4, -0.2) is 42.0 Å². The maximum Gasteiger partial charge on any atom is 0.269 e. The molecule has 6 heteroatoms. The zero-order valence-electron chi connectivity index (χ0n) is 11.3. The Morgan fingerprint density at radius 2 is 2.39 bits per heavy atom. The third-order valence-electron chi connectivity index (χ3n) is 2.74. The van der Waals surface area contributed by atoms with Crippen LogP contribution in [0.3, 0.4) is 0 Å². The van der Waals surface area contributed by atoms with E-state index in [4.69, 9.17) is 10.5 Å². The summed E-state index contributed by atoms with van der Waals surface area (Å²) in [5.41, 5.74) is 6.97. The van der Waals surface area contributed by atoms with E-state index in [9.17, 15) is 4.79 Å². The Kier molecular flexibility index (Phi) is 5.80. The number of aryl methyl sites for hydroxylation is 2. The van der Waals surface area contributed by atoms with Crippen molar-refractivity contribution in [3.8, 4) is 0 Å². The second-order valence-electron chi connectivity index (χ2n) is 4.20. The summed E-state index contributed by atoms with van der Waals surface area (Å²) in [4.78, 5) is 12.1. The van der Waals surface area contributed by atoms with E-state index in [1.807, 2.05) is 13.0 Å². The van der Waals surface area contributed by atoms with E-state index >= 15 is 0 Å². The van der Waals surface area contributed by atoms with Gasteiger partial charge in [0.2, 0.25) is 0 Å². The van der Waals surface area contributed by atoms with Crippen LogP contribution in [0.25, 0.3) is 0 Å². The molecular weight excluding hydrogens is 232 g/mol. The molecule has 0 aliphatic rings. The van der Waals surface area contributed by atoms with Crippen LogP contribution in [0.2, 0.25) is 0 Å². The number of ether oxygens (including phenoxy) is 1. The fourth-order valence-corrected chi connectivity index (χ4v) is 1.77. The molecule has 0 aromatic carbocycles. The third kappa shape index (κ3) is 3.82. The average molecular weight is 254 g/mol. The van der Waals surface area contributed by atoms with E-state index in [0.29, 0.717) is 25.3 Å². The Labute approximate surface area is 107 Å². The van der Waals surface area contributed by atoms with E-state index in [0.717, 1.165) is 12.1 Å². The highest BCUT2D eigenvalue weighted by Crippen LogP contribution is 2.04. The summed E-state index contributed by atoms with van der Waals surface area (Å²) in [7, 11) is 3.37. The van der Waals surface area contributed by atoms with Gasteiger partial charge in [0.15, 0.2) is 0 Å². The first-order valence-corrected chi connectivity index (χ1v) is 6.15. The molecule has 1 atom stereocenters. The second kappa shape index (κ2) is 7.13. The molecule has 1 rings (SSSR count). The van der Waals surface area contributed by atoms with Crippen molar-refractivity contribution in [1.29, 1.82) is 0 Å². The fourth-order valence-electron chi connectivity index (χ4n) is 1.77. The normalized spacial score (nSPS) is 12.4. The third-order valence-corrected chi connectivity index (χ3v) is 2.74. The fraction of sp³-hybridized carbons (Fsp3) is 0.667. The Morgan fingerprint density at radius 3 is 2.89 bits per heavy atom. The number of nitrogens with one attached hydrogen (secondary N) is 1. The van der Waals surface area contributed by atoms with Gasteiger partial charge in [0, 0.05) is 14.2 Å². The predicted octanol–water partition coefficient (Wildman–Crippen LogP) is 0.0761. The van der Waals surface area contributed by atoms with Gasteiger partial charge in [-0.15, -0.1) is 0 Å². The number of carbonyl (C=O) groups excluding carboxylic acids is 1. The molecule has 1 unspecified atom stereocenters. The van der Waals surface area contributed by atoms with Crippen LogP contribution in [0.4, 0.5) is 0 Å². The maximum atomic E-state index is 12.1. The Hall–Kier alpha value is -1.40. The van der Waals surface area contributed by atoms with Crippen molar-refractivity contribution < 1.29 is 9.53 Å². The van der Waals surface area contributed by atoms with Crippen LogP contribution in [0.1, 0.15) is 29.5 Å². The molecule has 0 saturated heterocycles. The predicted molar refractivity (Wildman–Crippen MR) is 69.4 cm³/mol. The molecule has 0 aliphatic carbocycles. The molecule has 0 bridgehead atoms. The summed E-state index contributed by atoms with van der Waals surface area (Å²) in [5, 5.41) is 7.16. The zero-order valence-corrected chi connectivity index (χ0v) is 11.3. The van der Waals surface area contributed by atoms with Crippen molar-refractivity contribution in [2.24, 2.45) is 12.8 Å². The molecular formula is C12H22N4O2. The molecule has 1 aromatic rings. The SMILES string of the molecule is CCc1cc(C(=O)NC(CCN)COC)n(C)n1. The summed E-state index contributed by atoms with van der Waals surface area (Å²) in [6, 6.07) is 1.74. The van der Waals surface area contributed by atoms with Crippen molar-refractivity contribution >= 4 is 5.91 Å². The number of amides is 1. The molecule has 0 saturated carbocycles. The van der Waals surface area contributed by atoms with Crippen molar-refractivity contribution in [2.45, 2.75) is 25.8 Å². The Balaban J connectivity index is 2.70. The topological polar surface area (TPSA) is 82.2 Å². The molecule has 0 radical (unpaired) electrons. The van der Waals surface area contributed by atoms with E-state index in [1.54, 1.807) is 18.8 Å². The van der Waals surface area contributed by atoms with Gasteiger partial charge in [-0.25, -0.2) is 0 Å². The van der Waals surface area contributed by atoms with Crippen molar-refractivity contribution in [3.63, 3.8) is 0 Å². The van der Waals surface area contributed by atoms with Crippen molar-refractivity contribution in [2.75, 3.05) is 20.3 Å². The molecule has 0 fully saturated rings. The summed E-state index contributed by atoms with van der Waals surface area (Å²) in [6.07, 6.45) is 1.50. The van der Waals surface area contributed by atoms with Gasteiger partial charge in [-0.2, -0.15) is 5.10 Å². The minimum Gasteiger partial charge on any atom is -0.383 e. The quantitative estimate of drug-likeness (QED) is 0.721. The largest absolute Gasteiger partial charge is 0.383 e. The van der Waals surface area contributed by atoms with Gasteiger partial charge in [-0.05, 0) is 25.5 Å². The maximum absolute atomic E-state index is 12.1. The zero-order chi connectivity index (χ0) is 13.5. The first-order valence-electron chi connectivity index (χ1n) is 6.15. The van der Waals surface area contributed by atoms with Crippen LogP contribution in [-0.2, 0) is 18.2 Å².